The van der Waals surface area contributed by atoms with Crippen LogP contribution in [0.2, 0.25) is 0 Å². The first-order chi connectivity index (χ1) is 12.3. The molecule has 1 aromatic heterocycles. The summed E-state index contributed by atoms with van der Waals surface area (Å²) in [6, 6.07) is 7.57. The topological polar surface area (TPSA) is 73.2 Å². The van der Waals surface area contributed by atoms with Crippen molar-refractivity contribution in [3.8, 4) is 0 Å². The van der Waals surface area contributed by atoms with E-state index in [0.717, 1.165) is 23.4 Å². The van der Waals surface area contributed by atoms with Crippen molar-refractivity contribution < 1.29 is 14.3 Å². The van der Waals surface area contributed by atoms with Crippen LogP contribution in [0.15, 0.2) is 30.3 Å². The van der Waals surface area contributed by atoms with Gasteiger partial charge in [-0.25, -0.2) is 4.79 Å². The molecule has 1 atom stereocenters. The Morgan fingerprint density at radius 2 is 1.92 bits per heavy atom. The Hall–Kier alpha value is -2.89. The second kappa shape index (κ2) is 8.47. The van der Waals surface area contributed by atoms with E-state index in [9.17, 15) is 9.59 Å². The lowest BCUT2D eigenvalue weighted by Crippen LogP contribution is -2.29. The number of ether oxygens (including phenoxy) is 1. The Labute approximate surface area is 153 Å². The number of hydrogen-bond donors (Lipinski definition) is 1. The van der Waals surface area contributed by atoms with Crippen LogP contribution < -0.4 is 5.32 Å². The minimum Gasteiger partial charge on any atom is -0.449 e. The predicted molar refractivity (Wildman–Crippen MR) is 102 cm³/mol. The molecular formula is C20H25N3O3. The molecule has 0 aliphatic rings. The fourth-order valence-electron chi connectivity index (χ4n) is 2.52. The van der Waals surface area contributed by atoms with Gasteiger partial charge in [0.25, 0.3) is 5.91 Å². The van der Waals surface area contributed by atoms with E-state index in [4.69, 9.17) is 4.74 Å². The third-order valence-corrected chi connectivity index (χ3v) is 4.24. The SMILES string of the molecule is CCc1ccc(NC(=O)[C@H](C)OC(=O)/C=C/c2c(C)nn(C)c2C)cc1. The Balaban J connectivity index is 1.92. The van der Waals surface area contributed by atoms with Gasteiger partial charge in [0.1, 0.15) is 0 Å². The molecule has 26 heavy (non-hydrogen) atoms. The number of anilines is 1. The Bertz CT molecular complexity index is 820. The number of hydrogen-bond acceptors (Lipinski definition) is 4. The number of aryl methyl sites for hydroxylation is 3. The lowest BCUT2D eigenvalue weighted by molar-refractivity contribution is -0.148. The van der Waals surface area contributed by atoms with Gasteiger partial charge in [-0.15, -0.1) is 0 Å². The van der Waals surface area contributed by atoms with Crippen molar-refractivity contribution in [2.75, 3.05) is 5.32 Å². The first-order valence-electron chi connectivity index (χ1n) is 8.60. The lowest BCUT2D eigenvalue weighted by atomic mass is 10.1. The van der Waals surface area contributed by atoms with Crippen LogP contribution in [-0.4, -0.2) is 27.8 Å². The van der Waals surface area contributed by atoms with E-state index in [0.29, 0.717) is 5.69 Å². The van der Waals surface area contributed by atoms with E-state index < -0.39 is 12.1 Å². The first-order valence-corrected chi connectivity index (χ1v) is 8.60. The molecule has 0 radical (unpaired) electrons. The molecule has 1 N–H and O–H groups in total. The van der Waals surface area contributed by atoms with Gasteiger partial charge in [-0.1, -0.05) is 19.1 Å². The monoisotopic (exact) mass is 355 g/mol. The number of aromatic nitrogens is 2. The molecule has 0 bridgehead atoms. The molecule has 1 aromatic carbocycles. The fraction of sp³-hybridized carbons (Fsp3) is 0.350. The number of amides is 1. The summed E-state index contributed by atoms with van der Waals surface area (Å²) in [5.41, 5.74) is 4.52. The molecule has 0 saturated carbocycles. The quantitative estimate of drug-likeness (QED) is 0.638. The van der Waals surface area contributed by atoms with Gasteiger partial charge < -0.3 is 10.1 Å². The van der Waals surface area contributed by atoms with Crippen molar-refractivity contribution in [2.45, 2.75) is 40.2 Å². The molecule has 0 fully saturated rings. The average Bonchev–Trinajstić information content (AvgIpc) is 2.85. The Kier molecular flexibility index (Phi) is 6.33. The van der Waals surface area contributed by atoms with Gasteiger partial charge in [0, 0.05) is 30.1 Å². The number of carbonyl (C=O) groups is 2. The van der Waals surface area contributed by atoms with Gasteiger partial charge >= 0.3 is 5.97 Å². The van der Waals surface area contributed by atoms with Gasteiger partial charge in [-0.05, 0) is 51.0 Å². The fourth-order valence-corrected chi connectivity index (χ4v) is 2.52. The van der Waals surface area contributed by atoms with Gasteiger partial charge in [-0.3, -0.25) is 9.48 Å². The maximum atomic E-state index is 12.2. The highest BCUT2D eigenvalue weighted by atomic mass is 16.5. The largest absolute Gasteiger partial charge is 0.449 e. The van der Waals surface area contributed by atoms with E-state index in [1.54, 1.807) is 17.7 Å². The average molecular weight is 355 g/mol. The molecule has 0 saturated heterocycles. The molecule has 1 amide bonds. The summed E-state index contributed by atoms with van der Waals surface area (Å²) < 4.78 is 6.92. The third kappa shape index (κ3) is 4.81. The van der Waals surface area contributed by atoms with Gasteiger partial charge in [0.15, 0.2) is 6.10 Å². The predicted octanol–water partition coefficient (Wildman–Crippen LogP) is 3.18. The smallest absolute Gasteiger partial charge is 0.331 e. The van der Waals surface area contributed by atoms with Crippen LogP contribution in [0.25, 0.3) is 6.08 Å². The van der Waals surface area contributed by atoms with Gasteiger partial charge in [-0.2, -0.15) is 5.10 Å². The molecule has 6 heteroatoms. The minimum atomic E-state index is -0.894. The summed E-state index contributed by atoms with van der Waals surface area (Å²) in [4.78, 5) is 24.1. The van der Waals surface area contributed by atoms with Crippen LogP contribution in [0.5, 0.6) is 0 Å². The molecule has 138 valence electrons. The summed E-state index contributed by atoms with van der Waals surface area (Å²) in [6.07, 6.45) is 3.02. The molecule has 2 rings (SSSR count). The molecule has 0 aliphatic heterocycles. The van der Waals surface area contributed by atoms with Crippen LogP contribution in [0.4, 0.5) is 5.69 Å². The molecule has 2 aromatic rings. The lowest BCUT2D eigenvalue weighted by Gasteiger charge is -2.12. The third-order valence-electron chi connectivity index (χ3n) is 4.24. The van der Waals surface area contributed by atoms with E-state index in [1.165, 1.54) is 11.6 Å². The first kappa shape index (κ1) is 19.4. The maximum absolute atomic E-state index is 12.2. The Morgan fingerprint density at radius 1 is 1.27 bits per heavy atom. The number of rotatable bonds is 6. The van der Waals surface area contributed by atoms with Crippen LogP contribution in [0.1, 0.15) is 36.4 Å². The van der Waals surface area contributed by atoms with E-state index in [2.05, 4.69) is 17.3 Å². The number of nitrogens with one attached hydrogen (secondary N) is 1. The molecule has 6 nitrogen and oxygen atoms in total. The van der Waals surface area contributed by atoms with E-state index in [1.807, 2.05) is 45.2 Å². The second-order valence-electron chi connectivity index (χ2n) is 6.16. The van der Waals surface area contributed by atoms with Crippen LogP contribution in [0, 0.1) is 13.8 Å². The zero-order chi connectivity index (χ0) is 19.3. The summed E-state index contributed by atoms with van der Waals surface area (Å²) in [5.74, 6) is -0.943. The second-order valence-corrected chi connectivity index (χ2v) is 6.16. The van der Waals surface area contributed by atoms with E-state index in [-0.39, 0.29) is 5.91 Å². The highest BCUT2D eigenvalue weighted by Crippen LogP contribution is 2.14. The zero-order valence-corrected chi connectivity index (χ0v) is 15.9. The standard InChI is InChI=1S/C20H25N3O3/c1-6-16-7-9-17(10-8-16)21-20(25)15(4)26-19(24)12-11-18-13(2)22-23(5)14(18)3/h7-12,15H,6H2,1-5H3,(H,21,25)/b12-11+/t15-/m0/s1. The minimum absolute atomic E-state index is 0.371. The van der Waals surface area contributed by atoms with Crippen LogP contribution >= 0.6 is 0 Å². The summed E-state index contributed by atoms with van der Waals surface area (Å²) in [7, 11) is 1.84. The van der Waals surface area contributed by atoms with Crippen LogP contribution in [0.3, 0.4) is 0 Å². The van der Waals surface area contributed by atoms with Crippen LogP contribution in [-0.2, 0) is 27.8 Å². The highest BCUT2D eigenvalue weighted by molar-refractivity contribution is 5.96. The maximum Gasteiger partial charge on any atom is 0.331 e. The van der Waals surface area contributed by atoms with Gasteiger partial charge in [0.05, 0.1) is 5.69 Å². The molecular weight excluding hydrogens is 330 g/mol. The van der Waals surface area contributed by atoms with Crippen molar-refractivity contribution in [2.24, 2.45) is 7.05 Å². The van der Waals surface area contributed by atoms with Crippen molar-refractivity contribution in [1.29, 1.82) is 0 Å². The van der Waals surface area contributed by atoms with Gasteiger partial charge in [0.2, 0.25) is 0 Å². The molecule has 1 heterocycles. The van der Waals surface area contributed by atoms with Crippen molar-refractivity contribution >= 4 is 23.6 Å². The molecule has 0 spiro atoms. The summed E-state index contributed by atoms with van der Waals surface area (Å²) in [5, 5.41) is 7.03. The number of carbonyl (C=O) groups excluding carboxylic acids is 2. The summed E-state index contributed by atoms with van der Waals surface area (Å²) >= 11 is 0. The number of nitrogens with zero attached hydrogens (tertiary/aromatic N) is 2. The normalized spacial score (nSPS) is 12.2. The Morgan fingerprint density at radius 3 is 2.46 bits per heavy atom. The van der Waals surface area contributed by atoms with Crippen molar-refractivity contribution in [3.63, 3.8) is 0 Å². The summed E-state index contributed by atoms with van der Waals surface area (Å²) in [6.45, 7) is 7.40. The number of benzene rings is 1. The van der Waals surface area contributed by atoms with E-state index >= 15 is 0 Å². The number of esters is 1. The molecule has 0 aliphatic carbocycles. The van der Waals surface area contributed by atoms with Crippen molar-refractivity contribution in [3.05, 3.63) is 52.9 Å². The molecule has 0 unspecified atom stereocenters. The van der Waals surface area contributed by atoms with Crippen molar-refractivity contribution in [1.82, 2.24) is 9.78 Å². The highest BCUT2D eigenvalue weighted by Gasteiger charge is 2.17. The zero-order valence-electron chi connectivity index (χ0n) is 15.9.